The fourth-order valence-electron chi connectivity index (χ4n) is 2.63. The molecular weight excluding hydrogens is 302 g/mol. The van der Waals surface area contributed by atoms with E-state index in [4.69, 9.17) is 0 Å². The second kappa shape index (κ2) is 7.67. The Kier molecular flexibility index (Phi) is 5.15. The Morgan fingerprint density at radius 3 is 2.04 bits per heavy atom. The second-order valence-corrected chi connectivity index (χ2v) is 6.28. The maximum Gasteiger partial charge on any atom is 0.0384 e. The highest BCUT2D eigenvalue weighted by atomic mass is 14.9. The third kappa shape index (κ3) is 4.48. The molecule has 3 aromatic rings. The zero-order valence-corrected chi connectivity index (χ0v) is 14.8. The zero-order chi connectivity index (χ0) is 17.6. The maximum atomic E-state index is 4.19. The standard InChI is InChI=1S/C24H23N/c1-18-8-14-23(15-9-18)25-24-16-12-22(13-17-24)20(3)10-11-21-7-5-4-6-19(21)2/h4-17,25H,3H2,1-2H3/b11-10-. The van der Waals surface area contributed by atoms with Crippen LogP contribution in [0.5, 0.6) is 0 Å². The number of aryl methyl sites for hydroxylation is 2. The van der Waals surface area contributed by atoms with Crippen LogP contribution in [0.3, 0.4) is 0 Å². The van der Waals surface area contributed by atoms with Crippen LogP contribution in [0.15, 0.2) is 85.5 Å². The minimum atomic E-state index is 1.00. The van der Waals surface area contributed by atoms with Crippen molar-refractivity contribution in [1.82, 2.24) is 0 Å². The van der Waals surface area contributed by atoms with Crippen molar-refractivity contribution in [3.8, 4) is 0 Å². The van der Waals surface area contributed by atoms with Gasteiger partial charge >= 0.3 is 0 Å². The lowest BCUT2D eigenvalue weighted by atomic mass is 10.0. The van der Waals surface area contributed by atoms with Gasteiger partial charge in [-0.2, -0.15) is 0 Å². The molecule has 0 aliphatic carbocycles. The van der Waals surface area contributed by atoms with Crippen LogP contribution in [0.2, 0.25) is 0 Å². The predicted octanol–water partition coefficient (Wildman–Crippen LogP) is 6.77. The Morgan fingerprint density at radius 2 is 1.40 bits per heavy atom. The maximum absolute atomic E-state index is 4.19. The topological polar surface area (TPSA) is 12.0 Å². The third-order valence-electron chi connectivity index (χ3n) is 4.25. The van der Waals surface area contributed by atoms with Crippen molar-refractivity contribution < 1.29 is 0 Å². The summed E-state index contributed by atoms with van der Waals surface area (Å²) in [5, 5.41) is 3.41. The molecule has 0 bridgehead atoms. The summed E-state index contributed by atoms with van der Waals surface area (Å²) in [6.45, 7) is 8.40. The van der Waals surface area contributed by atoms with Gasteiger partial charge in [0.25, 0.3) is 0 Å². The number of anilines is 2. The van der Waals surface area contributed by atoms with Gasteiger partial charge in [-0.25, -0.2) is 0 Å². The summed E-state index contributed by atoms with van der Waals surface area (Å²) in [7, 11) is 0. The smallest absolute Gasteiger partial charge is 0.0384 e. The molecule has 0 aromatic heterocycles. The number of benzene rings is 3. The van der Waals surface area contributed by atoms with Gasteiger partial charge in [0.2, 0.25) is 0 Å². The van der Waals surface area contributed by atoms with Crippen LogP contribution in [-0.4, -0.2) is 0 Å². The van der Waals surface area contributed by atoms with Gasteiger partial charge in [0.05, 0.1) is 0 Å². The van der Waals surface area contributed by atoms with Crippen molar-refractivity contribution in [2.75, 3.05) is 5.32 Å². The average molecular weight is 325 g/mol. The van der Waals surface area contributed by atoms with Crippen molar-refractivity contribution in [3.63, 3.8) is 0 Å². The summed E-state index contributed by atoms with van der Waals surface area (Å²) in [6, 6.07) is 25.1. The number of hydrogen-bond donors (Lipinski definition) is 1. The molecule has 0 unspecified atom stereocenters. The highest BCUT2D eigenvalue weighted by Crippen LogP contribution is 2.21. The summed E-state index contributed by atoms with van der Waals surface area (Å²) in [6.07, 6.45) is 4.20. The van der Waals surface area contributed by atoms with Crippen LogP contribution in [0.1, 0.15) is 22.3 Å². The SMILES string of the molecule is C=C(/C=C\c1ccccc1C)c1ccc(Nc2ccc(C)cc2)cc1. The molecule has 0 saturated heterocycles. The zero-order valence-electron chi connectivity index (χ0n) is 14.8. The number of nitrogens with one attached hydrogen (secondary N) is 1. The predicted molar refractivity (Wildman–Crippen MR) is 110 cm³/mol. The Bertz CT molecular complexity index is 884. The van der Waals surface area contributed by atoms with Gasteiger partial charge < -0.3 is 5.32 Å². The lowest BCUT2D eigenvalue weighted by Gasteiger charge is -2.08. The molecule has 124 valence electrons. The van der Waals surface area contributed by atoms with E-state index < -0.39 is 0 Å². The molecule has 0 fully saturated rings. The summed E-state index contributed by atoms with van der Waals surface area (Å²) < 4.78 is 0. The first-order valence-electron chi connectivity index (χ1n) is 8.48. The molecule has 3 aromatic carbocycles. The normalized spacial score (nSPS) is 10.8. The van der Waals surface area contributed by atoms with Crippen molar-refractivity contribution in [2.24, 2.45) is 0 Å². The van der Waals surface area contributed by atoms with Crippen LogP contribution < -0.4 is 5.32 Å². The lowest BCUT2D eigenvalue weighted by molar-refractivity contribution is 1.44. The molecule has 1 nitrogen and oxygen atoms in total. The minimum absolute atomic E-state index is 1.00. The van der Waals surface area contributed by atoms with Gasteiger partial charge in [0.15, 0.2) is 0 Å². The monoisotopic (exact) mass is 325 g/mol. The first-order valence-corrected chi connectivity index (χ1v) is 8.48. The molecule has 25 heavy (non-hydrogen) atoms. The first kappa shape index (κ1) is 16.8. The van der Waals surface area contributed by atoms with Crippen molar-refractivity contribution >= 4 is 23.0 Å². The number of allylic oxidation sites excluding steroid dienone is 2. The van der Waals surface area contributed by atoms with E-state index in [-0.39, 0.29) is 0 Å². The van der Waals surface area contributed by atoms with E-state index in [1.54, 1.807) is 0 Å². The fraction of sp³-hybridized carbons (Fsp3) is 0.0833. The summed E-state index contributed by atoms with van der Waals surface area (Å²) >= 11 is 0. The summed E-state index contributed by atoms with van der Waals surface area (Å²) in [5.41, 5.74) is 8.05. The molecule has 0 atom stereocenters. The fourth-order valence-corrected chi connectivity index (χ4v) is 2.63. The van der Waals surface area contributed by atoms with Crippen molar-refractivity contribution in [1.29, 1.82) is 0 Å². The quantitative estimate of drug-likeness (QED) is 0.510. The number of hydrogen-bond acceptors (Lipinski definition) is 1. The van der Waals surface area contributed by atoms with E-state index in [9.17, 15) is 0 Å². The lowest BCUT2D eigenvalue weighted by Crippen LogP contribution is -1.90. The van der Waals surface area contributed by atoms with Gasteiger partial charge in [-0.15, -0.1) is 0 Å². The second-order valence-electron chi connectivity index (χ2n) is 6.28. The highest BCUT2D eigenvalue weighted by molar-refractivity contribution is 5.78. The van der Waals surface area contributed by atoms with E-state index >= 15 is 0 Å². The molecule has 0 saturated carbocycles. The van der Waals surface area contributed by atoms with E-state index in [1.807, 2.05) is 0 Å². The van der Waals surface area contributed by atoms with E-state index in [0.717, 1.165) is 22.5 Å². The largest absolute Gasteiger partial charge is 0.356 e. The Balaban J connectivity index is 1.68. The molecule has 0 heterocycles. The van der Waals surface area contributed by atoms with Crippen LogP contribution in [0, 0.1) is 13.8 Å². The van der Waals surface area contributed by atoms with Gasteiger partial charge in [-0.1, -0.05) is 72.8 Å². The van der Waals surface area contributed by atoms with Crippen LogP contribution in [0.4, 0.5) is 11.4 Å². The average Bonchev–Trinajstić information content (AvgIpc) is 2.63. The highest BCUT2D eigenvalue weighted by Gasteiger charge is 1.99. The molecule has 0 spiro atoms. The van der Waals surface area contributed by atoms with Crippen molar-refractivity contribution in [2.45, 2.75) is 13.8 Å². The van der Waals surface area contributed by atoms with Gasteiger partial charge in [0.1, 0.15) is 0 Å². The Labute approximate surface area is 150 Å². The van der Waals surface area contributed by atoms with Crippen LogP contribution in [-0.2, 0) is 0 Å². The Morgan fingerprint density at radius 1 is 0.800 bits per heavy atom. The van der Waals surface area contributed by atoms with Gasteiger partial charge in [0, 0.05) is 11.4 Å². The first-order chi connectivity index (χ1) is 12.1. The van der Waals surface area contributed by atoms with Gasteiger partial charge in [-0.3, -0.25) is 0 Å². The molecule has 0 radical (unpaired) electrons. The molecule has 0 aliphatic rings. The van der Waals surface area contributed by atoms with Crippen LogP contribution >= 0.6 is 0 Å². The van der Waals surface area contributed by atoms with Crippen molar-refractivity contribution in [3.05, 3.63) is 108 Å². The van der Waals surface area contributed by atoms with Crippen LogP contribution in [0.25, 0.3) is 11.6 Å². The van der Waals surface area contributed by atoms with E-state index in [2.05, 4.69) is 111 Å². The Hall–Kier alpha value is -3.06. The minimum Gasteiger partial charge on any atom is -0.356 e. The third-order valence-corrected chi connectivity index (χ3v) is 4.25. The van der Waals surface area contributed by atoms with E-state index in [0.29, 0.717) is 0 Å². The summed E-state index contributed by atoms with van der Waals surface area (Å²) in [5.74, 6) is 0. The number of rotatable bonds is 5. The molecule has 1 N–H and O–H groups in total. The molecular formula is C24H23N. The van der Waals surface area contributed by atoms with Gasteiger partial charge in [-0.05, 0) is 60.4 Å². The molecule has 1 heteroatoms. The molecule has 3 rings (SSSR count). The molecule has 0 aliphatic heterocycles. The summed E-state index contributed by atoms with van der Waals surface area (Å²) in [4.78, 5) is 0. The molecule has 0 amide bonds. The van der Waals surface area contributed by atoms with E-state index in [1.165, 1.54) is 16.7 Å².